The van der Waals surface area contributed by atoms with E-state index in [-0.39, 0.29) is 0 Å². The monoisotopic (exact) mass is 211 g/mol. The standard InChI is InChI=1S/C10H11F2N3/c1-15(6-10(11)12)9-3-2-8(14)4-7(9)5-13/h2-4,10H,6,14H2,1H3. The van der Waals surface area contributed by atoms with Crippen LogP contribution in [0.25, 0.3) is 0 Å². The Balaban J connectivity index is 2.99. The van der Waals surface area contributed by atoms with Crippen LogP contribution in [0.5, 0.6) is 0 Å². The SMILES string of the molecule is CN(CC(F)F)c1ccc(N)cc1C#N. The number of hydrogen-bond acceptors (Lipinski definition) is 3. The van der Waals surface area contributed by atoms with Crippen LogP contribution >= 0.6 is 0 Å². The molecular formula is C10H11F2N3. The maximum absolute atomic E-state index is 12.1. The van der Waals surface area contributed by atoms with Gasteiger partial charge in [-0.3, -0.25) is 0 Å². The minimum Gasteiger partial charge on any atom is -0.399 e. The highest BCUT2D eigenvalue weighted by Gasteiger charge is 2.12. The average Bonchev–Trinajstić information content (AvgIpc) is 2.16. The first-order valence-electron chi connectivity index (χ1n) is 4.33. The highest BCUT2D eigenvalue weighted by molar-refractivity contribution is 5.64. The molecule has 1 rings (SSSR count). The molecular weight excluding hydrogens is 200 g/mol. The van der Waals surface area contributed by atoms with Gasteiger partial charge in [-0.15, -0.1) is 0 Å². The summed E-state index contributed by atoms with van der Waals surface area (Å²) < 4.78 is 24.3. The van der Waals surface area contributed by atoms with Gasteiger partial charge in [0.15, 0.2) is 0 Å². The van der Waals surface area contributed by atoms with Crippen LogP contribution in [-0.2, 0) is 0 Å². The van der Waals surface area contributed by atoms with Gasteiger partial charge in [0.05, 0.1) is 17.8 Å². The highest BCUT2D eigenvalue weighted by atomic mass is 19.3. The quantitative estimate of drug-likeness (QED) is 0.776. The number of nitrogens with two attached hydrogens (primary N) is 1. The minimum absolute atomic E-state index is 0.304. The molecule has 5 heteroatoms. The van der Waals surface area contributed by atoms with E-state index in [2.05, 4.69) is 0 Å². The molecule has 0 amide bonds. The van der Waals surface area contributed by atoms with E-state index in [0.717, 1.165) is 0 Å². The second-order valence-electron chi connectivity index (χ2n) is 3.16. The molecule has 0 radical (unpaired) electrons. The maximum atomic E-state index is 12.1. The number of nitrogens with zero attached hydrogens (tertiary/aromatic N) is 2. The summed E-state index contributed by atoms with van der Waals surface area (Å²) in [6.45, 7) is -0.404. The van der Waals surface area contributed by atoms with Crippen LogP contribution < -0.4 is 10.6 Å². The number of nitriles is 1. The summed E-state index contributed by atoms with van der Waals surface area (Å²) in [6, 6.07) is 6.54. The maximum Gasteiger partial charge on any atom is 0.255 e. The van der Waals surface area contributed by atoms with E-state index in [0.29, 0.717) is 16.9 Å². The summed E-state index contributed by atoms with van der Waals surface area (Å²) in [5.41, 5.74) is 6.70. The van der Waals surface area contributed by atoms with Crippen molar-refractivity contribution in [2.45, 2.75) is 6.43 Å². The number of alkyl halides is 2. The third-order valence-electron chi connectivity index (χ3n) is 1.96. The van der Waals surface area contributed by atoms with E-state index in [9.17, 15) is 8.78 Å². The van der Waals surface area contributed by atoms with Gasteiger partial charge in [0, 0.05) is 12.7 Å². The second-order valence-corrected chi connectivity index (χ2v) is 3.16. The molecule has 0 heterocycles. The molecule has 0 saturated carbocycles. The van der Waals surface area contributed by atoms with Crippen molar-refractivity contribution < 1.29 is 8.78 Å². The van der Waals surface area contributed by atoms with Crippen molar-refractivity contribution >= 4 is 11.4 Å². The third-order valence-corrected chi connectivity index (χ3v) is 1.96. The molecule has 1 aromatic rings. The Morgan fingerprint density at radius 3 is 2.73 bits per heavy atom. The molecule has 0 saturated heterocycles. The van der Waals surface area contributed by atoms with E-state index < -0.39 is 13.0 Å². The fraction of sp³-hybridized carbons (Fsp3) is 0.300. The van der Waals surface area contributed by atoms with E-state index >= 15 is 0 Å². The normalized spacial score (nSPS) is 10.1. The molecule has 2 N–H and O–H groups in total. The highest BCUT2D eigenvalue weighted by Crippen LogP contribution is 2.21. The fourth-order valence-corrected chi connectivity index (χ4v) is 1.28. The topological polar surface area (TPSA) is 53.0 Å². The van der Waals surface area contributed by atoms with Gasteiger partial charge in [-0.1, -0.05) is 0 Å². The summed E-state index contributed by atoms with van der Waals surface area (Å²) in [6.07, 6.45) is -2.43. The Labute approximate surface area is 86.7 Å². The Morgan fingerprint density at radius 2 is 2.20 bits per heavy atom. The first kappa shape index (κ1) is 11.2. The largest absolute Gasteiger partial charge is 0.399 e. The molecule has 0 bridgehead atoms. The van der Waals surface area contributed by atoms with Gasteiger partial charge in [0.2, 0.25) is 0 Å². The van der Waals surface area contributed by atoms with E-state index in [1.165, 1.54) is 18.0 Å². The zero-order valence-electron chi connectivity index (χ0n) is 8.24. The molecule has 0 fully saturated rings. The van der Waals surface area contributed by atoms with Crippen LogP contribution in [0.2, 0.25) is 0 Å². The van der Waals surface area contributed by atoms with Gasteiger partial charge in [0.25, 0.3) is 6.43 Å². The Kier molecular flexibility index (Phi) is 3.45. The van der Waals surface area contributed by atoms with Crippen molar-refractivity contribution in [3.8, 4) is 6.07 Å². The van der Waals surface area contributed by atoms with Crippen LogP contribution in [0.4, 0.5) is 20.2 Å². The summed E-state index contributed by atoms with van der Waals surface area (Å²) in [5.74, 6) is 0. The van der Waals surface area contributed by atoms with Crippen molar-refractivity contribution in [1.29, 1.82) is 5.26 Å². The summed E-state index contributed by atoms with van der Waals surface area (Å²) >= 11 is 0. The first-order chi connectivity index (χ1) is 7.04. The third kappa shape index (κ3) is 2.81. The van der Waals surface area contributed by atoms with Crippen LogP contribution in [0, 0.1) is 11.3 Å². The summed E-state index contributed by atoms with van der Waals surface area (Å²) in [4.78, 5) is 1.34. The lowest BCUT2D eigenvalue weighted by atomic mass is 10.1. The zero-order chi connectivity index (χ0) is 11.4. The van der Waals surface area contributed by atoms with E-state index in [4.69, 9.17) is 11.0 Å². The number of benzene rings is 1. The summed E-state index contributed by atoms with van der Waals surface area (Å²) in [5, 5.41) is 8.81. The average molecular weight is 211 g/mol. The number of halogens is 2. The second kappa shape index (κ2) is 4.60. The molecule has 0 atom stereocenters. The smallest absolute Gasteiger partial charge is 0.255 e. The molecule has 80 valence electrons. The van der Waals surface area contributed by atoms with Gasteiger partial charge in [-0.25, -0.2) is 8.78 Å². The van der Waals surface area contributed by atoms with Crippen molar-refractivity contribution in [3.63, 3.8) is 0 Å². The minimum atomic E-state index is -2.43. The number of nitrogen functional groups attached to an aromatic ring is 1. The van der Waals surface area contributed by atoms with Gasteiger partial charge >= 0.3 is 0 Å². The fourth-order valence-electron chi connectivity index (χ4n) is 1.28. The molecule has 0 aromatic heterocycles. The Hall–Kier alpha value is -1.83. The van der Waals surface area contributed by atoms with Crippen molar-refractivity contribution in [3.05, 3.63) is 23.8 Å². The van der Waals surface area contributed by atoms with Gasteiger partial charge < -0.3 is 10.6 Å². The van der Waals surface area contributed by atoms with Crippen LogP contribution in [0.15, 0.2) is 18.2 Å². The number of anilines is 2. The van der Waals surface area contributed by atoms with Crippen LogP contribution in [0.3, 0.4) is 0 Å². The van der Waals surface area contributed by atoms with Crippen LogP contribution in [0.1, 0.15) is 5.56 Å². The molecule has 3 nitrogen and oxygen atoms in total. The first-order valence-corrected chi connectivity index (χ1v) is 4.33. The van der Waals surface area contributed by atoms with Crippen molar-refractivity contribution in [2.75, 3.05) is 24.2 Å². The molecule has 15 heavy (non-hydrogen) atoms. The predicted octanol–water partition coefficient (Wildman–Crippen LogP) is 1.84. The molecule has 0 aliphatic carbocycles. The van der Waals surface area contributed by atoms with E-state index in [1.807, 2.05) is 6.07 Å². The van der Waals surface area contributed by atoms with Gasteiger partial charge in [-0.2, -0.15) is 5.26 Å². The lowest BCUT2D eigenvalue weighted by Crippen LogP contribution is -2.24. The summed E-state index contributed by atoms with van der Waals surface area (Å²) in [7, 11) is 1.51. The lowest BCUT2D eigenvalue weighted by molar-refractivity contribution is 0.156. The molecule has 0 aliphatic heterocycles. The number of rotatable bonds is 3. The zero-order valence-corrected chi connectivity index (χ0v) is 8.24. The molecule has 0 aliphatic rings. The Morgan fingerprint density at radius 1 is 1.53 bits per heavy atom. The molecule has 1 aromatic carbocycles. The van der Waals surface area contributed by atoms with Gasteiger partial charge in [-0.05, 0) is 18.2 Å². The van der Waals surface area contributed by atoms with Crippen molar-refractivity contribution in [1.82, 2.24) is 0 Å². The van der Waals surface area contributed by atoms with E-state index in [1.54, 1.807) is 12.1 Å². The molecule has 0 unspecified atom stereocenters. The van der Waals surface area contributed by atoms with Crippen molar-refractivity contribution in [2.24, 2.45) is 0 Å². The van der Waals surface area contributed by atoms with Gasteiger partial charge in [0.1, 0.15) is 6.07 Å². The predicted molar refractivity (Wildman–Crippen MR) is 54.8 cm³/mol. The number of hydrogen-bond donors (Lipinski definition) is 1. The van der Waals surface area contributed by atoms with Crippen LogP contribution in [-0.4, -0.2) is 20.0 Å². The lowest BCUT2D eigenvalue weighted by Gasteiger charge is -2.19. The Bertz CT molecular complexity index is 385. The molecule has 0 spiro atoms.